The van der Waals surface area contributed by atoms with E-state index in [2.05, 4.69) is 12.2 Å². The van der Waals surface area contributed by atoms with Gasteiger partial charge in [0.1, 0.15) is 0 Å². The van der Waals surface area contributed by atoms with E-state index in [0.717, 1.165) is 17.8 Å². The fraction of sp³-hybridized carbons (Fsp3) is 0.731. The van der Waals surface area contributed by atoms with Gasteiger partial charge in [0.05, 0.1) is 5.41 Å². The Morgan fingerprint density at radius 3 is 1.59 bits per heavy atom. The number of carboxylic acids is 1. The van der Waals surface area contributed by atoms with Crippen LogP contribution in [0.2, 0.25) is 0 Å². The molecule has 166 valence electrons. The first-order valence-corrected chi connectivity index (χ1v) is 12.1. The number of nitrogens with one attached hydrogen (secondary N) is 1. The van der Waals surface area contributed by atoms with Crippen LogP contribution in [0, 0.1) is 0 Å². The second kappa shape index (κ2) is 15.3. The molecule has 29 heavy (non-hydrogen) atoms. The summed E-state index contributed by atoms with van der Waals surface area (Å²) >= 11 is 0. The minimum atomic E-state index is -0.840. The third-order valence-electron chi connectivity index (χ3n) is 6.00. The van der Waals surface area contributed by atoms with Gasteiger partial charge < -0.3 is 10.4 Å². The molecule has 0 amide bonds. The smallest absolute Gasteiger partial charge is 0.313 e. The molecule has 0 aliphatic heterocycles. The number of anilines is 1. The maximum absolute atomic E-state index is 11.3. The Morgan fingerprint density at radius 2 is 1.17 bits per heavy atom. The summed E-state index contributed by atoms with van der Waals surface area (Å²) in [7, 11) is 0. The van der Waals surface area contributed by atoms with E-state index in [1.54, 1.807) is 13.8 Å². The molecular weight excluding hydrogens is 358 g/mol. The predicted octanol–water partition coefficient (Wildman–Crippen LogP) is 7.94. The van der Waals surface area contributed by atoms with Gasteiger partial charge >= 0.3 is 5.97 Å². The number of benzene rings is 1. The Kier molecular flexibility index (Phi) is 13.5. The zero-order valence-corrected chi connectivity index (χ0v) is 19.3. The van der Waals surface area contributed by atoms with Crippen LogP contribution in [0.4, 0.5) is 5.69 Å². The van der Waals surface area contributed by atoms with Crippen molar-refractivity contribution in [3.63, 3.8) is 0 Å². The van der Waals surface area contributed by atoms with E-state index in [-0.39, 0.29) is 0 Å². The third-order valence-corrected chi connectivity index (χ3v) is 6.00. The lowest BCUT2D eigenvalue weighted by atomic mass is 9.85. The molecule has 3 nitrogen and oxygen atoms in total. The van der Waals surface area contributed by atoms with E-state index >= 15 is 0 Å². The molecule has 1 aromatic rings. The summed E-state index contributed by atoms with van der Waals surface area (Å²) in [5.41, 5.74) is 1.07. The molecule has 0 atom stereocenters. The molecule has 1 rings (SSSR count). The van der Waals surface area contributed by atoms with E-state index in [1.807, 2.05) is 24.3 Å². The number of aliphatic carboxylic acids is 1. The van der Waals surface area contributed by atoms with Gasteiger partial charge in [-0.3, -0.25) is 4.79 Å². The maximum atomic E-state index is 11.3. The summed E-state index contributed by atoms with van der Waals surface area (Å²) in [6.45, 7) is 6.75. The van der Waals surface area contributed by atoms with Gasteiger partial charge in [0, 0.05) is 12.2 Å². The first-order chi connectivity index (χ1) is 14.0. The van der Waals surface area contributed by atoms with Gasteiger partial charge in [-0.25, -0.2) is 0 Å². The normalized spacial score (nSPS) is 11.6. The van der Waals surface area contributed by atoms with Crippen molar-refractivity contribution in [1.29, 1.82) is 0 Å². The number of carboxylic acid groups (broad SMARTS) is 1. The molecule has 0 aromatic heterocycles. The van der Waals surface area contributed by atoms with Gasteiger partial charge in [0.25, 0.3) is 0 Å². The van der Waals surface area contributed by atoms with Crippen molar-refractivity contribution in [1.82, 2.24) is 0 Å². The topological polar surface area (TPSA) is 49.3 Å². The number of hydrogen-bond acceptors (Lipinski definition) is 2. The molecule has 0 aliphatic carbocycles. The Bertz CT molecular complexity index is 536. The van der Waals surface area contributed by atoms with Gasteiger partial charge in [-0.2, -0.15) is 0 Å². The highest BCUT2D eigenvalue weighted by Gasteiger charge is 2.29. The standard InChI is InChI=1S/C26H45NO2/c1-4-5-6-7-8-9-10-11-12-13-14-15-16-17-22-27-24-20-18-23(19-21-24)26(2,3)25(28)29/h18-21,27H,4-17,22H2,1-3H3,(H,28,29). The van der Waals surface area contributed by atoms with Crippen molar-refractivity contribution in [3.05, 3.63) is 29.8 Å². The van der Waals surface area contributed by atoms with Crippen LogP contribution >= 0.6 is 0 Å². The van der Waals surface area contributed by atoms with Crippen molar-refractivity contribution in [2.75, 3.05) is 11.9 Å². The molecule has 0 bridgehead atoms. The summed E-state index contributed by atoms with van der Waals surface area (Å²) in [4.78, 5) is 11.3. The zero-order chi connectivity index (χ0) is 21.4. The largest absolute Gasteiger partial charge is 0.481 e. The van der Waals surface area contributed by atoms with Gasteiger partial charge in [-0.1, -0.05) is 103 Å². The molecule has 0 heterocycles. The Balaban J connectivity index is 1.95. The molecule has 2 N–H and O–H groups in total. The first-order valence-electron chi connectivity index (χ1n) is 12.1. The van der Waals surface area contributed by atoms with Crippen LogP contribution in [-0.2, 0) is 10.2 Å². The molecule has 0 saturated heterocycles. The van der Waals surface area contributed by atoms with Crippen LogP contribution in [0.15, 0.2) is 24.3 Å². The lowest BCUT2D eigenvalue weighted by Gasteiger charge is -2.20. The predicted molar refractivity (Wildman–Crippen MR) is 126 cm³/mol. The highest BCUT2D eigenvalue weighted by molar-refractivity contribution is 5.80. The lowest BCUT2D eigenvalue weighted by molar-refractivity contribution is -0.142. The molecule has 1 aromatic carbocycles. The van der Waals surface area contributed by atoms with Crippen LogP contribution in [-0.4, -0.2) is 17.6 Å². The molecular formula is C26H45NO2. The van der Waals surface area contributed by atoms with Crippen molar-refractivity contribution < 1.29 is 9.90 Å². The van der Waals surface area contributed by atoms with E-state index in [0.29, 0.717) is 0 Å². The Morgan fingerprint density at radius 1 is 0.759 bits per heavy atom. The van der Waals surface area contributed by atoms with Crippen molar-refractivity contribution in [2.24, 2.45) is 0 Å². The third kappa shape index (κ3) is 11.3. The summed E-state index contributed by atoms with van der Waals surface area (Å²) < 4.78 is 0. The van der Waals surface area contributed by atoms with Crippen LogP contribution in [0.25, 0.3) is 0 Å². The van der Waals surface area contributed by atoms with Crippen LogP contribution in [0.1, 0.15) is 116 Å². The van der Waals surface area contributed by atoms with Crippen LogP contribution in [0.3, 0.4) is 0 Å². The second-order valence-corrected chi connectivity index (χ2v) is 9.03. The maximum Gasteiger partial charge on any atom is 0.313 e. The fourth-order valence-corrected chi connectivity index (χ4v) is 3.68. The minimum absolute atomic E-state index is 0.791. The van der Waals surface area contributed by atoms with Gasteiger partial charge in [0.2, 0.25) is 0 Å². The van der Waals surface area contributed by atoms with Gasteiger partial charge in [-0.05, 0) is 38.0 Å². The van der Waals surface area contributed by atoms with E-state index in [4.69, 9.17) is 0 Å². The molecule has 0 aliphatic rings. The SMILES string of the molecule is CCCCCCCCCCCCCCCCNc1ccc(C(C)(C)C(=O)O)cc1. The Hall–Kier alpha value is -1.51. The molecule has 0 radical (unpaired) electrons. The molecule has 0 spiro atoms. The zero-order valence-electron chi connectivity index (χ0n) is 19.3. The average Bonchev–Trinajstić information content (AvgIpc) is 2.71. The minimum Gasteiger partial charge on any atom is -0.481 e. The number of unbranched alkanes of at least 4 members (excludes halogenated alkanes) is 13. The highest BCUT2D eigenvalue weighted by Crippen LogP contribution is 2.24. The summed E-state index contributed by atoms with van der Waals surface area (Å²) in [6.07, 6.45) is 19.3. The lowest BCUT2D eigenvalue weighted by Crippen LogP contribution is -2.28. The number of hydrogen-bond donors (Lipinski definition) is 2. The highest BCUT2D eigenvalue weighted by atomic mass is 16.4. The Labute approximate surface area is 179 Å². The van der Waals surface area contributed by atoms with Gasteiger partial charge in [-0.15, -0.1) is 0 Å². The summed E-state index contributed by atoms with van der Waals surface area (Å²) in [5.74, 6) is -0.791. The van der Waals surface area contributed by atoms with E-state index in [9.17, 15) is 9.90 Å². The van der Waals surface area contributed by atoms with E-state index < -0.39 is 11.4 Å². The molecule has 0 unspecified atom stereocenters. The molecule has 3 heteroatoms. The molecule has 0 fully saturated rings. The van der Waals surface area contributed by atoms with Gasteiger partial charge in [0.15, 0.2) is 0 Å². The van der Waals surface area contributed by atoms with Crippen molar-refractivity contribution >= 4 is 11.7 Å². The average molecular weight is 404 g/mol. The number of carbonyl (C=O) groups is 1. The van der Waals surface area contributed by atoms with Crippen molar-refractivity contribution in [3.8, 4) is 0 Å². The van der Waals surface area contributed by atoms with Crippen LogP contribution in [0.5, 0.6) is 0 Å². The van der Waals surface area contributed by atoms with E-state index in [1.165, 1.54) is 89.9 Å². The fourth-order valence-electron chi connectivity index (χ4n) is 3.68. The monoisotopic (exact) mass is 403 g/mol. The quantitative estimate of drug-likeness (QED) is 0.244. The summed E-state index contributed by atoms with van der Waals surface area (Å²) in [5, 5.41) is 12.7. The van der Waals surface area contributed by atoms with Crippen molar-refractivity contribution in [2.45, 2.75) is 116 Å². The molecule has 0 saturated carbocycles. The summed E-state index contributed by atoms with van der Waals surface area (Å²) in [6, 6.07) is 7.82. The second-order valence-electron chi connectivity index (χ2n) is 9.03. The van der Waals surface area contributed by atoms with Crippen LogP contribution < -0.4 is 5.32 Å². The number of rotatable bonds is 18. The first kappa shape index (κ1) is 25.5.